The highest BCUT2D eigenvalue weighted by atomic mass is 32.1. The van der Waals surface area contributed by atoms with Crippen molar-refractivity contribution in [2.24, 2.45) is 0 Å². The Morgan fingerprint density at radius 2 is 1.62 bits per heavy atom. The number of thiazole rings is 1. The molecule has 3 unspecified atom stereocenters. The maximum Gasteiger partial charge on any atom is 0.178 e. The van der Waals surface area contributed by atoms with Crippen LogP contribution in [0.15, 0.2) is 72.1 Å². The van der Waals surface area contributed by atoms with Gasteiger partial charge in [-0.15, -0.1) is 17.8 Å². The van der Waals surface area contributed by atoms with Crippen molar-refractivity contribution in [1.29, 1.82) is 10.5 Å². The highest BCUT2D eigenvalue weighted by Gasteiger charge is 2.46. The van der Waals surface area contributed by atoms with Crippen LogP contribution in [0.2, 0.25) is 0 Å². The predicted molar refractivity (Wildman–Crippen MR) is 192 cm³/mol. The number of carbonyl (C=O) groups excluding carboxylic acids is 1. The van der Waals surface area contributed by atoms with Gasteiger partial charge in [-0.25, -0.2) is 4.98 Å². The number of benzene rings is 2. The molecule has 252 valence electrons. The van der Waals surface area contributed by atoms with Gasteiger partial charge in [-0.05, 0) is 107 Å². The molecule has 3 aromatic heterocycles. The molecule has 0 saturated carbocycles. The van der Waals surface area contributed by atoms with Gasteiger partial charge in [0.15, 0.2) is 11.9 Å². The second-order valence-corrected chi connectivity index (χ2v) is 13.9. The lowest BCUT2D eigenvalue weighted by Gasteiger charge is -2.21. The molecular formula is C40H38N6O3S. The van der Waals surface area contributed by atoms with Gasteiger partial charge in [0, 0.05) is 57.9 Å². The van der Waals surface area contributed by atoms with E-state index in [-0.39, 0.29) is 17.9 Å². The third kappa shape index (κ3) is 6.91. The van der Waals surface area contributed by atoms with Crippen LogP contribution in [0.5, 0.6) is 0 Å². The number of fused-ring (bicyclic) bond motifs is 2. The van der Waals surface area contributed by atoms with Gasteiger partial charge in [0.2, 0.25) is 0 Å². The topological polar surface area (TPSA) is 131 Å². The number of aliphatic hydroxyl groups excluding tert-OH is 2. The first-order chi connectivity index (χ1) is 24.1. The van der Waals surface area contributed by atoms with Crippen LogP contribution in [0.25, 0.3) is 11.4 Å². The summed E-state index contributed by atoms with van der Waals surface area (Å²) in [5.74, 6) is 2.40. The smallest absolute Gasteiger partial charge is 0.178 e. The molecular weight excluding hydrogens is 645 g/mol. The summed E-state index contributed by atoms with van der Waals surface area (Å²) in [4.78, 5) is 20.2. The fourth-order valence-electron chi connectivity index (χ4n) is 7.26. The molecule has 9 nitrogen and oxygen atoms in total. The van der Waals surface area contributed by atoms with E-state index in [1.165, 1.54) is 0 Å². The average Bonchev–Trinajstić information content (AvgIpc) is 3.95. The predicted octanol–water partition coefficient (Wildman–Crippen LogP) is 6.12. The Morgan fingerprint density at radius 3 is 2.14 bits per heavy atom. The molecule has 2 aliphatic rings. The van der Waals surface area contributed by atoms with Crippen LogP contribution in [0, 0.1) is 55.8 Å². The lowest BCUT2D eigenvalue weighted by Crippen LogP contribution is -2.36. The van der Waals surface area contributed by atoms with Crippen molar-refractivity contribution < 1.29 is 15.0 Å². The van der Waals surface area contributed by atoms with Crippen molar-refractivity contribution in [3.63, 3.8) is 0 Å². The number of terminal acetylenes is 1. The Labute approximate surface area is 296 Å². The molecule has 2 saturated heterocycles. The number of aliphatic hydroxyl groups is 2. The number of nitrogens with zero attached hydrogens (tertiary/aromatic N) is 6. The largest absolute Gasteiger partial charge is 0.391 e. The highest BCUT2D eigenvalue weighted by molar-refractivity contribution is 7.09. The first kappa shape index (κ1) is 34.6. The number of aromatic nitrogens is 3. The van der Waals surface area contributed by atoms with Crippen molar-refractivity contribution in [1.82, 2.24) is 19.0 Å². The summed E-state index contributed by atoms with van der Waals surface area (Å²) in [6.07, 6.45) is 7.44. The third-order valence-corrected chi connectivity index (χ3v) is 10.5. The molecule has 2 aliphatic heterocycles. The number of hydrogen-bond donors (Lipinski definition) is 2. The second-order valence-electron chi connectivity index (χ2n) is 12.8. The van der Waals surface area contributed by atoms with E-state index in [1.54, 1.807) is 41.7 Å². The van der Waals surface area contributed by atoms with E-state index >= 15 is 0 Å². The zero-order valence-corrected chi connectivity index (χ0v) is 29.1. The van der Waals surface area contributed by atoms with Gasteiger partial charge in [0.05, 0.1) is 52.3 Å². The molecule has 0 spiro atoms. The van der Waals surface area contributed by atoms with Crippen molar-refractivity contribution >= 4 is 17.1 Å². The molecule has 2 N–H and O–H groups in total. The fraction of sp³-hybridized carbons (Fsp3) is 0.300. The Kier molecular flexibility index (Phi) is 10.2. The average molecular weight is 683 g/mol. The quantitative estimate of drug-likeness (QED) is 0.149. The SMILES string of the molecule is C#CC(O)c1ccc(C)n1-c1ccc(C#N)cc1.Cc1nc(Cc2cc(C(=O)CN3C4CCC3[C@@H](O)C4)c(C)n2-c2ccc(C#N)cc2)cs1. The summed E-state index contributed by atoms with van der Waals surface area (Å²) in [5.41, 5.74) is 8.25. The highest BCUT2D eigenvalue weighted by Crippen LogP contribution is 2.38. The minimum atomic E-state index is -0.936. The Hall–Kier alpha value is -5.28. The van der Waals surface area contributed by atoms with Gasteiger partial charge in [-0.1, -0.05) is 5.92 Å². The van der Waals surface area contributed by atoms with E-state index in [9.17, 15) is 15.0 Å². The molecule has 4 atom stereocenters. The number of rotatable bonds is 8. The Bertz CT molecular complexity index is 2140. The summed E-state index contributed by atoms with van der Waals surface area (Å²) in [7, 11) is 0. The lowest BCUT2D eigenvalue weighted by atomic mass is 9.98. The van der Waals surface area contributed by atoms with E-state index < -0.39 is 6.10 Å². The summed E-state index contributed by atoms with van der Waals surface area (Å²) in [6.45, 7) is 6.26. The maximum atomic E-state index is 13.4. The zero-order valence-electron chi connectivity index (χ0n) is 28.2. The van der Waals surface area contributed by atoms with Crippen LogP contribution in [0.3, 0.4) is 0 Å². The Morgan fingerprint density at radius 1 is 0.980 bits per heavy atom. The minimum absolute atomic E-state index is 0.0941. The van der Waals surface area contributed by atoms with E-state index in [0.717, 1.165) is 64.0 Å². The summed E-state index contributed by atoms with van der Waals surface area (Å²) < 4.78 is 3.99. The van der Waals surface area contributed by atoms with Crippen LogP contribution >= 0.6 is 11.3 Å². The molecule has 2 bridgehead atoms. The van der Waals surface area contributed by atoms with E-state index in [4.69, 9.17) is 16.9 Å². The minimum Gasteiger partial charge on any atom is -0.391 e. The van der Waals surface area contributed by atoms with Gasteiger partial charge in [-0.2, -0.15) is 10.5 Å². The number of ketones is 1. The molecule has 2 aromatic carbocycles. The van der Waals surface area contributed by atoms with Gasteiger partial charge < -0.3 is 19.3 Å². The normalized spacial score (nSPS) is 18.5. The molecule has 0 aliphatic carbocycles. The maximum absolute atomic E-state index is 13.4. The van der Waals surface area contributed by atoms with E-state index in [0.29, 0.717) is 35.8 Å². The first-order valence-corrected chi connectivity index (χ1v) is 17.4. The van der Waals surface area contributed by atoms with Gasteiger partial charge in [0.1, 0.15) is 0 Å². The van der Waals surface area contributed by atoms with Crippen molar-refractivity contribution in [3.8, 4) is 35.9 Å². The number of carbonyl (C=O) groups is 1. The van der Waals surface area contributed by atoms with Crippen LogP contribution in [0.1, 0.15) is 80.3 Å². The first-order valence-electron chi connectivity index (χ1n) is 16.5. The lowest BCUT2D eigenvalue weighted by molar-refractivity contribution is 0.0873. The molecule has 5 heterocycles. The van der Waals surface area contributed by atoms with Gasteiger partial charge in [-0.3, -0.25) is 9.69 Å². The van der Waals surface area contributed by atoms with E-state index in [2.05, 4.69) is 37.9 Å². The van der Waals surface area contributed by atoms with Crippen molar-refractivity contribution in [3.05, 3.63) is 122 Å². The zero-order chi connectivity index (χ0) is 35.5. The number of aryl methyl sites for hydroxylation is 2. The molecule has 2 fully saturated rings. The molecule has 0 amide bonds. The molecule has 5 aromatic rings. The fourth-order valence-corrected chi connectivity index (χ4v) is 7.88. The second kappa shape index (κ2) is 14.7. The van der Waals surface area contributed by atoms with Crippen LogP contribution < -0.4 is 0 Å². The summed E-state index contributed by atoms with van der Waals surface area (Å²) in [6, 6.07) is 24.9. The van der Waals surface area contributed by atoms with Crippen LogP contribution in [-0.4, -0.2) is 59.7 Å². The summed E-state index contributed by atoms with van der Waals surface area (Å²) in [5, 5.41) is 41.0. The van der Waals surface area contributed by atoms with Crippen LogP contribution in [0.4, 0.5) is 0 Å². The number of hydrogen-bond acceptors (Lipinski definition) is 8. The Balaban J connectivity index is 0.000000204. The molecule has 10 heteroatoms. The molecule has 50 heavy (non-hydrogen) atoms. The van der Waals surface area contributed by atoms with Crippen molar-refractivity contribution in [2.75, 3.05) is 6.54 Å². The standard InChI is InChI=1S/C25H26N4O2S.C15H12N2O/c1-15-22(25(31)13-28-20-7-8-23(28)24(30)11-20)10-21(9-18-14-32-16(2)27-18)29(15)19-5-3-17(12-26)4-6-19;1-3-15(18)14-9-4-11(2)17(14)13-7-5-12(10-16)6-8-13/h3-6,10,14,20,23-24,30H,7-9,11,13H2,1-2H3;1,4-9,15,18H,2H3/t20?,23?,24-;/m0./s1. The third-order valence-electron chi connectivity index (χ3n) is 9.68. The van der Waals surface area contributed by atoms with Gasteiger partial charge >= 0.3 is 0 Å². The number of nitriles is 2. The van der Waals surface area contributed by atoms with Crippen molar-refractivity contribution in [2.45, 2.75) is 70.7 Å². The summed E-state index contributed by atoms with van der Waals surface area (Å²) >= 11 is 1.62. The number of Topliss-reactive ketones (excluding diaryl/α,β-unsaturated/α-hetero) is 1. The van der Waals surface area contributed by atoms with Crippen LogP contribution in [-0.2, 0) is 6.42 Å². The molecule has 0 radical (unpaired) electrons. The molecule has 7 rings (SSSR count). The monoisotopic (exact) mass is 682 g/mol. The van der Waals surface area contributed by atoms with Gasteiger partial charge in [0.25, 0.3) is 0 Å². The van der Waals surface area contributed by atoms with E-state index in [1.807, 2.05) is 61.7 Å².